The van der Waals surface area contributed by atoms with Crippen molar-refractivity contribution in [3.63, 3.8) is 0 Å². The maximum atomic E-state index is 5.83. The van der Waals surface area contributed by atoms with Crippen LogP contribution in [-0.4, -0.2) is 15.2 Å². The largest absolute Gasteiger partial charge is 0.384 e. The van der Waals surface area contributed by atoms with E-state index < -0.39 is 0 Å². The summed E-state index contributed by atoms with van der Waals surface area (Å²) in [5, 5.41) is 7.71. The fourth-order valence-corrected chi connectivity index (χ4v) is 2.55. The minimum absolute atomic E-state index is 0.381. The van der Waals surface area contributed by atoms with Crippen molar-refractivity contribution >= 4 is 44.3 Å². The molecule has 2 aromatic heterocycles. The molecule has 96 valence electrons. The molecule has 19 heavy (non-hydrogen) atoms. The van der Waals surface area contributed by atoms with Crippen molar-refractivity contribution in [2.45, 2.75) is 0 Å². The summed E-state index contributed by atoms with van der Waals surface area (Å²) in [6.07, 6.45) is 0. The highest BCUT2D eigenvalue weighted by Gasteiger charge is 2.10. The second-order valence-corrected chi connectivity index (χ2v) is 5.05. The molecule has 0 fully saturated rings. The van der Waals surface area contributed by atoms with Gasteiger partial charge in [0.2, 0.25) is 0 Å². The van der Waals surface area contributed by atoms with Gasteiger partial charge in [0.05, 0.1) is 5.52 Å². The number of halogens is 1. The van der Waals surface area contributed by atoms with Gasteiger partial charge in [-0.15, -0.1) is 0 Å². The van der Waals surface area contributed by atoms with Crippen LogP contribution in [0.3, 0.4) is 0 Å². The van der Waals surface area contributed by atoms with Gasteiger partial charge in [-0.25, -0.2) is 4.98 Å². The van der Waals surface area contributed by atoms with E-state index in [2.05, 4.69) is 31.1 Å². The molecule has 0 spiro atoms. The van der Waals surface area contributed by atoms with Crippen molar-refractivity contribution in [3.8, 4) is 11.1 Å². The highest BCUT2D eigenvalue weighted by atomic mass is 79.9. The molecule has 6 nitrogen and oxygen atoms in total. The second kappa shape index (κ2) is 4.13. The van der Waals surface area contributed by atoms with Gasteiger partial charge < -0.3 is 17.2 Å². The maximum Gasteiger partial charge on any atom is 0.153 e. The first kappa shape index (κ1) is 11.8. The molecule has 0 aliphatic carbocycles. The first-order valence-electron chi connectivity index (χ1n) is 5.51. The Bertz CT molecular complexity index is 759. The molecule has 3 aromatic rings. The van der Waals surface area contributed by atoms with Crippen LogP contribution in [0.5, 0.6) is 0 Å². The Morgan fingerprint density at radius 1 is 0.947 bits per heavy atom. The van der Waals surface area contributed by atoms with Crippen LogP contribution in [0, 0.1) is 0 Å². The number of rotatable bonds is 1. The van der Waals surface area contributed by atoms with E-state index in [-0.39, 0.29) is 0 Å². The van der Waals surface area contributed by atoms with E-state index in [9.17, 15) is 0 Å². The summed E-state index contributed by atoms with van der Waals surface area (Å²) < 4.78 is 0.873. The Hall–Kier alpha value is -2.28. The Balaban J connectivity index is 2.27. The Morgan fingerprint density at radius 2 is 1.58 bits per heavy atom. The van der Waals surface area contributed by atoms with Gasteiger partial charge in [0.15, 0.2) is 5.82 Å². The molecule has 0 atom stereocenters. The number of H-pyrrole nitrogens is 1. The fraction of sp³-hybridized carbons (Fsp3) is 0. The second-order valence-electron chi connectivity index (χ2n) is 4.20. The van der Waals surface area contributed by atoms with E-state index in [1.54, 1.807) is 12.1 Å². The Labute approximate surface area is 117 Å². The van der Waals surface area contributed by atoms with Crippen LogP contribution in [0.2, 0.25) is 0 Å². The van der Waals surface area contributed by atoms with Gasteiger partial charge in [0.25, 0.3) is 0 Å². The number of aromatic nitrogens is 3. The fourth-order valence-electron chi connectivity index (χ4n) is 2.01. The molecule has 1 aromatic carbocycles. The molecule has 2 heterocycles. The highest BCUT2D eigenvalue weighted by molar-refractivity contribution is 9.10. The molecule has 0 radical (unpaired) electrons. The Kier molecular flexibility index (Phi) is 2.56. The lowest BCUT2D eigenvalue weighted by atomic mass is 10.0. The summed E-state index contributed by atoms with van der Waals surface area (Å²) in [4.78, 5) is 3.95. The number of aromatic amines is 1. The zero-order valence-corrected chi connectivity index (χ0v) is 11.4. The summed E-state index contributed by atoms with van der Waals surface area (Å²) >= 11 is 3.49. The van der Waals surface area contributed by atoms with Crippen LogP contribution in [0.4, 0.5) is 17.5 Å². The number of anilines is 3. The van der Waals surface area contributed by atoms with Crippen molar-refractivity contribution in [1.82, 2.24) is 15.2 Å². The first-order valence-corrected chi connectivity index (χ1v) is 6.30. The van der Waals surface area contributed by atoms with Gasteiger partial charge >= 0.3 is 0 Å². The van der Waals surface area contributed by atoms with E-state index >= 15 is 0 Å². The van der Waals surface area contributed by atoms with Crippen molar-refractivity contribution in [1.29, 1.82) is 0 Å². The third kappa shape index (κ3) is 1.97. The smallest absolute Gasteiger partial charge is 0.153 e. The van der Waals surface area contributed by atoms with Crippen LogP contribution in [0.15, 0.2) is 28.7 Å². The predicted molar refractivity (Wildman–Crippen MR) is 80.3 cm³/mol. The average molecular weight is 319 g/mol. The van der Waals surface area contributed by atoms with Crippen molar-refractivity contribution in [2.75, 3.05) is 17.2 Å². The van der Waals surface area contributed by atoms with Gasteiger partial charge in [-0.3, -0.25) is 5.10 Å². The molecule has 0 amide bonds. The molecule has 0 saturated heterocycles. The maximum absolute atomic E-state index is 5.83. The van der Waals surface area contributed by atoms with Gasteiger partial charge in [-0.2, -0.15) is 5.10 Å². The van der Waals surface area contributed by atoms with Crippen molar-refractivity contribution < 1.29 is 0 Å². The molecule has 0 unspecified atom stereocenters. The standard InChI is InChI=1S/C12H11BrN6/c13-8-2-5(1-7-11(8)18-19-12(7)16)6-3-9(14)17-10(15)4-6/h1-4H,(H4,14,15,17)(H3,16,18,19). The van der Waals surface area contributed by atoms with Gasteiger partial charge in [0.1, 0.15) is 11.6 Å². The third-order valence-corrected chi connectivity index (χ3v) is 3.48. The van der Waals surface area contributed by atoms with Gasteiger partial charge in [-0.05, 0) is 51.3 Å². The molecular weight excluding hydrogens is 308 g/mol. The number of nitrogens with zero attached hydrogens (tertiary/aromatic N) is 2. The van der Waals surface area contributed by atoms with Crippen LogP contribution < -0.4 is 17.2 Å². The lowest BCUT2D eigenvalue weighted by Gasteiger charge is -2.06. The van der Waals surface area contributed by atoms with Gasteiger partial charge in [0, 0.05) is 9.86 Å². The van der Waals surface area contributed by atoms with Crippen LogP contribution >= 0.6 is 15.9 Å². The zero-order valence-electron chi connectivity index (χ0n) is 9.81. The lowest BCUT2D eigenvalue weighted by molar-refractivity contribution is 1.12. The molecule has 7 N–H and O–H groups in total. The summed E-state index contributed by atoms with van der Waals surface area (Å²) in [5.41, 5.74) is 19.9. The molecule has 3 rings (SSSR count). The van der Waals surface area contributed by atoms with E-state index in [4.69, 9.17) is 17.2 Å². The molecule has 0 saturated carbocycles. The van der Waals surface area contributed by atoms with E-state index in [1.165, 1.54) is 0 Å². The van der Waals surface area contributed by atoms with Crippen molar-refractivity contribution in [3.05, 3.63) is 28.7 Å². The molecule has 0 aliphatic rings. The predicted octanol–water partition coefficient (Wildman–Crippen LogP) is 2.13. The third-order valence-electron chi connectivity index (χ3n) is 2.85. The lowest BCUT2D eigenvalue weighted by Crippen LogP contribution is -1.96. The molecule has 7 heteroatoms. The normalized spacial score (nSPS) is 11.0. The summed E-state index contributed by atoms with van der Waals surface area (Å²) in [5.74, 6) is 1.21. The number of pyridine rings is 1. The van der Waals surface area contributed by atoms with Gasteiger partial charge in [-0.1, -0.05) is 0 Å². The Morgan fingerprint density at radius 3 is 2.26 bits per heavy atom. The number of hydrogen-bond acceptors (Lipinski definition) is 5. The summed E-state index contributed by atoms with van der Waals surface area (Å²) in [6, 6.07) is 7.42. The monoisotopic (exact) mass is 318 g/mol. The quantitative estimate of drug-likeness (QED) is 0.548. The number of fused-ring (bicyclic) bond motifs is 1. The van der Waals surface area contributed by atoms with E-state index in [1.807, 2.05) is 12.1 Å². The average Bonchev–Trinajstić information content (AvgIpc) is 2.70. The van der Waals surface area contributed by atoms with Crippen LogP contribution in [-0.2, 0) is 0 Å². The number of benzene rings is 1. The first-order chi connectivity index (χ1) is 9.04. The molecule has 0 bridgehead atoms. The molecular formula is C12H11BrN6. The van der Waals surface area contributed by atoms with Crippen molar-refractivity contribution in [2.24, 2.45) is 0 Å². The number of hydrogen-bond donors (Lipinski definition) is 4. The van der Waals surface area contributed by atoms with E-state index in [0.717, 1.165) is 26.5 Å². The minimum Gasteiger partial charge on any atom is -0.384 e. The van der Waals surface area contributed by atoms with E-state index in [0.29, 0.717) is 17.5 Å². The minimum atomic E-state index is 0.381. The summed E-state index contributed by atoms with van der Waals surface area (Å²) in [7, 11) is 0. The highest BCUT2D eigenvalue weighted by Crippen LogP contribution is 2.33. The topological polar surface area (TPSA) is 120 Å². The number of nitrogens with two attached hydrogens (primary N) is 3. The number of nitrogens with one attached hydrogen (secondary N) is 1. The van der Waals surface area contributed by atoms with Crippen LogP contribution in [0.25, 0.3) is 22.0 Å². The SMILES string of the molecule is Nc1cc(-c2cc(Br)c3[nH]nc(N)c3c2)cc(N)n1. The van der Waals surface area contributed by atoms with Crippen LogP contribution in [0.1, 0.15) is 0 Å². The number of nitrogen functional groups attached to an aromatic ring is 3. The summed E-state index contributed by atoms with van der Waals surface area (Å²) in [6.45, 7) is 0. The molecule has 0 aliphatic heterocycles. The zero-order chi connectivity index (χ0) is 13.6.